The fourth-order valence-electron chi connectivity index (χ4n) is 3.74. The van der Waals surface area contributed by atoms with Gasteiger partial charge in [0.15, 0.2) is 0 Å². The molecule has 1 aliphatic rings. The molecular formula is C23H27N5O. The SMILES string of the molecule is CCc1c(C(=O)NCc2ccc(N3CCCC3)nc2)cnn1-c1ccc(C)cc1. The van der Waals surface area contributed by atoms with E-state index in [2.05, 4.69) is 39.4 Å². The van der Waals surface area contributed by atoms with E-state index < -0.39 is 0 Å². The Balaban J connectivity index is 1.44. The number of pyridine rings is 1. The maximum absolute atomic E-state index is 12.8. The summed E-state index contributed by atoms with van der Waals surface area (Å²) >= 11 is 0. The van der Waals surface area contributed by atoms with Gasteiger partial charge in [0.25, 0.3) is 5.91 Å². The summed E-state index contributed by atoms with van der Waals surface area (Å²) in [7, 11) is 0. The van der Waals surface area contributed by atoms with Crippen LogP contribution >= 0.6 is 0 Å². The number of nitrogens with zero attached hydrogens (tertiary/aromatic N) is 4. The highest BCUT2D eigenvalue weighted by atomic mass is 16.1. The third-order valence-corrected chi connectivity index (χ3v) is 5.42. The standard InChI is InChI=1S/C23H27N5O/c1-3-21-20(16-26-28(21)19-9-6-17(2)7-10-19)23(29)25-15-18-8-11-22(24-14-18)27-12-4-5-13-27/h6-11,14,16H,3-5,12-13,15H2,1-2H3,(H,25,29). The van der Waals surface area contributed by atoms with Gasteiger partial charge < -0.3 is 10.2 Å². The largest absolute Gasteiger partial charge is 0.357 e. The number of hydrogen-bond donors (Lipinski definition) is 1. The maximum Gasteiger partial charge on any atom is 0.255 e. The summed E-state index contributed by atoms with van der Waals surface area (Å²) in [6.45, 7) is 6.70. The van der Waals surface area contributed by atoms with Crippen LogP contribution in [0.15, 0.2) is 48.8 Å². The summed E-state index contributed by atoms with van der Waals surface area (Å²) in [6.07, 6.45) is 6.70. The minimum absolute atomic E-state index is 0.108. The molecule has 0 spiro atoms. The molecule has 4 rings (SSSR count). The lowest BCUT2D eigenvalue weighted by molar-refractivity contribution is 0.0950. The Bertz CT molecular complexity index is 970. The van der Waals surface area contributed by atoms with E-state index >= 15 is 0 Å². The van der Waals surface area contributed by atoms with Crippen molar-refractivity contribution < 1.29 is 4.79 Å². The van der Waals surface area contributed by atoms with Crippen LogP contribution in [0.3, 0.4) is 0 Å². The second-order valence-electron chi connectivity index (χ2n) is 7.51. The average Bonchev–Trinajstić information content (AvgIpc) is 3.43. The minimum atomic E-state index is -0.108. The van der Waals surface area contributed by atoms with Gasteiger partial charge >= 0.3 is 0 Å². The fourth-order valence-corrected chi connectivity index (χ4v) is 3.74. The Morgan fingerprint density at radius 2 is 1.83 bits per heavy atom. The van der Waals surface area contributed by atoms with Crippen LogP contribution in [-0.4, -0.2) is 33.8 Å². The van der Waals surface area contributed by atoms with Crippen LogP contribution in [0, 0.1) is 6.92 Å². The summed E-state index contributed by atoms with van der Waals surface area (Å²) in [4.78, 5) is 19.6. The van der Waals surface area contributed by atoms with Gasteiger partial charge in [-0.15, -0.1) is 0 Å². The van der Waals surface area contributed by atoms with E-state index in [0.29, 0.717) is 12.1 Å². The van der Waals surface area contributed by atoms with Gasteiger partial charge in [-0.3, -0.25) is 4.79 Å². The molecule has 2 aromatic heterocycles. The lowest BCUT2D eigenvalue weighted by atomic mass is 10.1. The predicted octanol–water partition coefficient (Wildman–Crippen LogP) is 3.67. The lowest BCUT2D eigenvalue weighted by Crippen LogP contribution is -2.24. The van der Waals surface area contributed by atoms with Gasteiger partial charge in [0.2, 0.25) is 0 Å². The van der Waals surface area contributed by atoms with E-state index in [0.717, 1.165) is 42.3 Å². The van der Waals surface area contributed by atoms with Gasteiger partial charge in [0.05, 0.1) is 23.1 Å². The van der Waals surface area contributed by atoms with Crippen molar-refractivity contribution in [1.82, 2.24) is 20.1 Å². The van der Waals surface area contributed by atoms with Gasteiger partial charge in [-0.2, -0.15) is 5.10 Å². The summed E-state index contributed by atoms with van der Waals surface area (Å²) in [5.41, 5.74) is 4.68. The monoisotopic (exact) mass is 389 g/mol. The van der Waals surface area contributed by atoms with E-state index in [1.807, 2.05) is 42.1 Å². The Kier molecular flexibility index (Phi) is 5.60. The molecule has 0 saturated carbocycles. The summed E-state index contributed by atoms with van der Waals surface area (Å²) in [5, 5.41) is 7.46. The quantitative estimate of drug-likeness (QED) is 0.699. The van der Waals surface area contributed by atoms with E-state index in [1.165, 1.54) is 18.4 Å². The number of nitrogens with one attached hydrogen (secondary N) is 1. The molecule has 1 aromatic carbocycles. The van der Waals surface area contributed by atoms with Crippen molar-refractivity contribution in [1.29, 1.82) is 0 Å². The number of carbonyl (C=O) groups excluding carboxylic acids is 1. The van der Waals surface area contributed by atoms with E-state index in [4.69, 9.17) is 0 Å². The van der Waals surface area contributed by atoms with Crippen molar-refractivity contribution in [3.63, 3.8) is 0 Å². The van der Waals surface area contributed by atoms with Crippen LogP contribution in [0.1, 0.15) is 46.9 Å². The first-order chi connectivity index (χ1) is 14.2. The zero-order valence-electron chi connectivity index (χ0n) is 17.1. The topological polar surface area (TPSA) is 63.1 Å². The van der Waals surface area contributed by atoms with Crippen LogP contribution in [0.4, 0.5) is 5.82 Å². The number of hydrogen-bond acceptors (Lipinski definition) is 4. The number of aromatic nitrogens is 3. The Morgan fingerprint density at radius 1 is 1.07 bits per heavy atom. The highest BCUT2D eigenvalue weighted by Gasteiger charge is 2.17. The molecule has 0 aliphatic carbocycles. The molecule has 0 bridgehead atoms. The van der Waals surface area contributed by atoms with Gasteiger partial charge in [0, 0.05) is 25.8 Å². The molecule has 3 heterocycles. The van der Waals surface area contributed by atoms with Crippen molar-refractivity contribution in [2.24, 2.45) is 0 Å². The van der Waals surface area contributed by atoms with Crippen molar-refractivity contribution >= 4 is 11.7 Å². The third-order valence-electron chi connectivity index (χ3n) is 5.42. The van der Waals surface area contributed by atoms with Crippen LogP contribution in [0.5, 0.6) is 0 Å². The summed E-state index contributed by atoms with van der Waals surface area (Å²) in [5.74, 6) is 0.911. The first-order valence-electron chi connectivity index (χ1n) is 10.3. The van der Waals surface area contributed by atoms with Gasteiger partial charge in [-0.05, 0) is 49.9 Å². The number of benzene rings is 1. The normalized spacial score (nSPS) is 13.7. The van der Waals surface area contributed by atoms with Crippen molar-refractivity contribution in [3.05, 3.63) is 71.2 Å². The van der Waals surface area contributed by atoms with E-state index in [-0.39, 0.29) is 5.91 Å². The molecule has 6 nitrogen and oxygen atoms in total. The first-order valence-corrected chi connectivity index (χ1v) is 10.3. The molecule has 0 unspecified atom stereocenters. The van der Waals surface area contributed by atoms with Gasteiger partial charge in [-0.25, -0.2) is 9.67 Å². The number of amides is 1. The Morgan fingerprint density at radius 3 is 2.48 bits per heavy atom. The Hall–Kier alpha value is -3.15. The minimum Gasteiger partial charge on any atom is -0.357 e. The first kappa shape index (κ1) is 19.2. The molecule has 1 amide bonds. The van der Waals surface area contributed by atoms with E-state index in [9.17, 15) is 4.79 Å². The Labute approximate surface area is 171 Å². The van der Waals surface area contributed by atoms with Gasteiger partial charge in [-0.1, -0.05) is 30.7 Å². The van der Waals surface area contributed by atoms with Crippen molar-refractivity contribution in [3.8, 4) is 5.69 Å². The summed E-state index contributed by atoms with van der Waals surface area (Å²) in [6, 6.07) is 12.2. The molecule has 1 N–H and O–H groups in total. The van der Waals surface area contributed by atoms with Gasteiger partial charge in [0.1, 0.15) is 5.82 Å². The number of anilines is 1. The third kappa shape index (κ3) is 4.16. The smallest absolute Gasteiger partial charge is 0.255 e. The van der Waals surface area contributed by atoms with Crippen LogP contribution in [0.25, 0.3) is 5.69 Å². The second-order valence-corrected chi connectivity index (χ2v) is 7.51. The summed E-state index contributed by atoms with van der Waals surface area (Å²) < 4.78 is 1.85. The highest BCUT2D eigenvalue weighted by Crippen LogP contribution is 2.18. The molecule has 6 heteroatoms. The molecule has 1 fully saturated rings. The van der Waals surface area contributed by atoms with Crippen LogP contribution < -0.4 is 10.2 Å². The predicted molar refractivity (Wildman–Crippen MR) is 115 cm³/mol. The van der Waals surface area contributed by atoms with Crippen molar-refractivity contribution in [2.45, 2.75) is 39.7 Å². The zero-order chi connectivity index (χ0) is 20.2. The molecule has 3 aromatic rings. The zero-order valence-corrected chi connectivity index (χ0v) is 17.1. The van der Waals surface area contributed by atoms with Crippen molar-refractivity contribution in [2.75, 3.05) is 18.0 Å². The number of carbonyl (C=O) groups is 1. The lowest BCUT2D eigenvalue weighted by Gasteiger charge is -2.16. The van der Waals surface area contributed by atoms with E-state index in [1.54, 1.807) is 6.20 Å². The second kappa shape index (κ2) is 8.47. The number of aryl methyl sites for hydroxylation is 1. The molecule has 1 aliphatic heterocycles. The van der Waals surface area contributed by atoms with Crippen LogP contribution in [-0.2, 0) is 13.0 Å². The number of rotatable bonds is 6. The molecular weight excluding hydrogens is 362 g/mol. The maximum atomic E-state index is 12.8. The molecule has 150 valence electrons. The average molecular weight is 390 g/mol. The van der Waals surface area contributed by atoms with Crippen LogP contribution in [0.2, 0.25) is 0 Å². The molecule has 29 heavy (non-hydrogen) atoms. The molecule has 1 saturated heterocycles. The highest BCUT2D eigenvalue weighted by molar-refractivity contribution is 5.95. The fraction of sp³-hybridized carbons (Fsp3) is 0.348. The molecule has 0 atom stereocenters. The molecule has 0 radical (unpaired) electrons.